The van der Waals surface area contributed by atoms with E-state index in [1.165, 1.54) is 0 Å². The van der Waals surface area contributed by atoms with Crippen molar-refractivity contribution in [3.05, 3.63) is 0 Å². The van der Waals surface area contributed by atoms with Gasteiger partial charge < -0.3 is 29.5 Å². The molecule has 0 heterocycles. The normalized spacial score (nSPS) is 30.4. The molecular weight excluding hydrogens is 360 g/mol. The number of aliphatic hydroxyl groups excluding tert-OH is 3. The highest BCUT2D eigenvalue weighted by Gasteiger charge is 2.54. The Morgan fingerprint density at radius 2 is 0.889 bits per heavy atom. The van der Waals surface area contributed by atoms with Gasteiger partial charge in [0.15, 0.2) is 18.3 Å². The number of ether oxygens (including phenoxy) is 3. The van der Waals surface area contributed by atoms with Crippen molar-refractivity contribution in [3.8, 4) is 0 Å². The largest absolute Gasteiger partial charge is 0.457 e. The molecule has 3 N–H and O–H groups in total. The summed E-state index contributed by atoms with van der Waals surface area (Å²) in [5.41, 5.74) is 0. The number of carbonyl (C=O) groups is 3. The molecule has 0 saturated heterocycles. The van der Waals surface area contributed by atoms with Crippen LogP contribution in [0.15, 0.2) is 0 Å². The average Bonchev–Trinajstić information content (AvgIpc) is 2.60. The first-order chi connectivity index (χ1) is 12.8. The summed E-state index contributed by atoms with van der Waals surface area (Å²) < 4.78 is 15.4. The molecule has 27 heavy (non-hydrogen) atoms. The highest BCUT2D eigenvalue weighted by Crippen LogP contribution is 2.29. The second-order valence-corrected chi connectivity index (χ2v) is 6.59. The molecule has 1 aliphatic carbocycles. The molecule has 1 rings (SSSR count). The monoisotopic (exact) mass is 390 g/mol. The van der Waals surface area contributed by atoms with Gasteiger partial charge in [0, 0.05) is 19.3 Å². The molecule has 0 radical (unpaired) electrons. The molecule has 0 aromatic heterocycles. The third kappa shape index (κ3) is 6.44. The van der Waals surface area contributed by atoms with E-state index in [2.05, 4.69) is 0 Å². The lowest BCUT2D eigenvalue weighted by molar-refractivity contribution is -0.247. The molecular formula is C18H30O9. The van der Waals surface area contributed by atoms with Gasteiger partial charge in [-0.15, -0.1) is 0 Å². The maximum Gasteiger partial charge on any atom is 0.306 e. The Bertz CT molecular complexity index is 507. The van der Waals surface area contributed by atoms with E-state index in [1.807, 2.05) is 0 Å². The second-order valence-electron chi connectivity index (χ2n) is 6.59. The fourth-order valence-electron chi connectivity index (χ4n) is 2.82. The molecule has 0 unspecified atom stereocenters. The lowest BCUT2D eigenvalue weighted by Crippen LogP contribution is -2.66. The van der Waals surface area contributed by atoms with Crippen molar-refractivity contribution in [2.45, 2.75) is 95.9 Å². The quantitative estimate of drug-likeness (QED) is 0.372. The van der Waals surface area contributed by atoms with Gasteiger partial charge >= 0.3 is 17.9 Å². The van der Waals surface area contributed by atoms with Gasteiger partial charge in [0.1, 0.15) is 18.3 Å². The van der Waals surface area contributed by atoms with E-state index in [-0.39, 0.29) is 19.3 Å². The molecule has 1 saturated carbocycles. The van der Waals surface area contributed by atoms with Crippen LogP contribution in [0.4, 0.5) is 0 Å². The highest BCUT2D eigenvalue weighted by atomic mass is 16.6. The number of rotatable bonds is 9. The molecule has 9 nitrogen and oxygen atoms in total. The van der Waals surface area contributed by atoms with Crippen LogP contribution in [0.2, 0.25) is 0 Å². The summed E-state index contributed by atoms with van der Waals surface area (Å²) in [4.78, 5) is 35.5. The molecule has 0 bridgehead atoms. The Morgan fingerprint density at radius 3 is 1.26 bits per heavy atom. The van der Waals surface area contributed by atoms with Gasteiger partial charge in [0.05, 0.1) is 0 Å². The Morgan fingerprint density at radius 1 is 0.593 bits per heavy atom. The molecule has 0 amide bonds. The number of hydrogen-bond acceptors (Lipinski definition) is 9. The number of carbonyl (C=O) groups excluding carboxylic acids is 3. The summed E-state index contributed by atoms with van der Waals surface area (Å²) in [5.74, 6) is -2.01. The van der Waals surface area contributed by atoms with Crippen molar-refractivity contribution in [3.63, 3.8) is 0 Å². The van der Waals surface area contributed by atoms with Crippen LogP contribution in [0.25, 0.3) is 0 Å². The van der Waals surface area contributed by atoms with Gasteiger partial charge in [-0.05, 0) is 19.3 Å². The summed E-state index contributed by atoms with van der Waals surface area (Å²) in [7, 11) is 0. The Kier molecular flexibility index (Phi) is 9.68. The molecule has 0 aliphatic heterocycles. The van der Waals surface area contributed by atoms with Gasteiger partial charge in [0.2, 0.25) is 0 Å². The summed E-state index contributed by atoms with van der Waals surface area (Å²) in [5, 5.41) is 31.2. The second kappa shape index (κ2) is 11.2. The molecule has 1 aliphatic rings. The Labute approximate surface area is 158 Å². The first-order valence-electron chi connectivity index (χ1n) is 9.39. The minimum atomic E-state index is -1.71. The average molecular weight is 390 g/mol. The summed E-state index contributed by atoms with van der Waals surface area (Å²) in [6.07, 6.45) is -7.89. The third-order valence-electron chi connectivity index (χ3n) is 4.19. The molecule has 6 atom stereocenters. The zero-order valence-electron chi connectivity index (χ0n) is 16.0. The zero-order chi connectivity index (χ0) is 20.6. The van der Waals surface area contributed by atoms with Crippen LogP contribution in [0.3, 0.4) is 0 Å². The van der Waals surface area contributed by atoms with Crippen LogP contribution in [-0.4, -0.2) is 69.9 Å². The smallest absolute Gasteiger partial charge is 0.306 e. The van der Waals surface area contributed by atoms with E-state index in [0.717, 1.165) is 0 Å². The van der Waals surface area contributed by atoms with E-state index >= 15 is 0 Å². The van der Waals surface area contributed by atoms with Crippen LogP contribution in [0, 0.1) is 0 Å². The lowest BCUT2D eigenvalue weighted by atomic mass is 9.84. The van der Waals surface area contributed by atoms with Gasteiger partial charge in [-0.25, -0.2) is 0 Å². The fourth-order valence-corrected chi connectivity index (χ4v) is 2.82. The molecule has 0 spiro atoms. The minimum absolute atomic E-state index is 0.0534. The van der Waals surface area contributed by atoms with Crippen molar-refractivity contribution in [2.24, 2.45) is 0 Å². The van der Waals surface area contributed by atoms with Crippen LogP contribution >= 0.6 is 0 Å². The van der Waals surface area contributed by atoms with Crippen molar-refractivity contribution in [1.82, 2.24) is 0 Å². The van der Waals surface area contributed by atoms with E-state index in [9.17, 15) is 29.7 Å². The van der Waals surface area contributed by atoms with Gasteiger partial charge in [-0.2, -0.15) is 0 Å². The standard InChI is InChI=1S/C18H30O9/c1-4-7-10(19)25-16-13(22)14(23)17(26-11(20)8-5-2)18(15(16)24)27-12(21)9-6-3/h13-18,22-24H,4-9H2,1-3H3/t13-,14-,15-,16+,17+,18-/m0/s1. The van der Waals surface area contributed by atoms with E-state index < -0.39 is 54.5 Å². The lowest BCUT2D eigenvalue weighted by Gasteiger charge is -2.44. The number of esters is 3. The first-order valence-corrected chi connectivity index (χ1v) is 9.39. The van der Waals surface area contributed by atoms with Crippen LogP contribution in [-0.2, 0) is 28.6 Å². The maximum atomic E-state index is 11.9. The fraction of sp³-hybridized carbons (Fsp3) is 0.833. The molecule has 156 valence electrons. The summed E-state index contributed by atoms with van der Waals surface area (Å²) in [6, 6.07) is 0. The van der Waals surface area contributed by atoms with Crippen molar-refractivity contribution < 1.29 is 43.9 Å². The maximum absolute atomic E-state index is 11.9. The predicted octanol–water partition coefficient (Wildman–Crippen LogP) is 0.218. The predicted molar refractivity (Wildman–Crippen MR) is 92.4 cm³/mol. The third-order valence-corrected chi connectivity index (χ3v) is 4.19. The zero-order valence-corrected chi connectivity index (χ0v) is 16.0. The van der Waals surface area contributed by atoms with Crippen molar-refractivity contribution in [2.75, 3.05) is 0 Å². The number of aliphatic hydroxyl groups is 3. The van der Waals surface area contributed by atoms with Crippen molar-refractivity contribution in [1.29, 1.82) is 0 Å². The molecule has 0 aromatic rings. The Hall–Kier alpha value is -1.71. The van der Waals surface area contributed by atoms with Gasteiger partial charge in [0.25, 0.3) is 0 Å². The molecule has 9 heteroatoms. The Balaban J connectivity index is 3.05. The van der Waals surface area contributed by atoms with E-state index in [0.29, 0.717) is 19.3 Å². The molecule has 0 aromatic carbocycles. The highest BCUT2D eigenvalue weighted by molar-refractivity contribution is 5.71. The molecule has 1 fully saturated rings. The van der Waals surface area contributed by atoms with Crippen molar-refractivity contribution >= 4 is 17.9 Å². The number of hydrogen-bond donors (Lipinski definition) is 3. The van der Waals surface area contributed by atoms with E-state index in [4.69, 9.17) is 14.2 Å². The van der Waals surface area contributed by atoms with Crippen LogP contribution < -0.4 is 0 Å². The summed E-state index contributed by atoms with van der Waals surface area (Å²) in [6.45, 7) is 5.26. The SMILES string of the molecule is CCCC(=O)O[C@@H]1[C@@H](O)[C@H](O)[C@@H](OC(=O)CCC)[C@@H](OC(=O)CCC)[C@H]1O. The summed E-state index contributed by atoms with van der Waals surface area (Å²) >= 11 is 0. The topological polar surface area (TPSA) is 140 Å². The van der Waals surface area contributed by atoms with Gasteiger partial charge in [-0.3, -0.25) is 14.4 Å². The minimum Gasteiger partial charge on any atom is -0.457 e. The first kappa shape index (κ1) is 23.3. The van der Waals surface area contributed by atoms with Gasteiger partial charge in [-0.1, -0.05) is 20.8 Å². The van der Waals surface area contributed by atoms with Crippen LogP contribution in [0.1, 0.15) is 59.3 Å². The van der Waals surface area contributed by atoms with E-state index in [1.54, 1.807) is 20.8 Å². The van der Waals surface area contributed by atoms with Crippen LogP contribution in [0.5, 0.6) is 0 Å².